The Morgan fingerprint density at radius 2 is 1.68 bits per heavy atom. The van der Waals surface area contributed by atoms with Crippen molar-refractivity contribution in [2.45, 2.75) is 38.5 Å². The van der Waals surface area contributed by atoms with Crippen LogP contribution in [0.3, 0.4) is 0 Å². The fourth-order valence-corrected chi connectivity index (χ4v) is 3.68. The third-order valence-corrected chi connectivity index (χ3v) is 5.06. The molecule has 1 aliphatic rings. The van der Waals surface area contributed by atoms with Crippen LogP contribution in [0.5, 0.6) is 5.75 Å². The molecule has 3 nitrogen and oxygen atoms in total. The number of rotatable bonds is 7. The summed E-state index contributed by atoms with van der Waals surface area (Å²) in [6, 6.07) is 5.59. The SMILES string of the molecule is CC.CCO.Fc1cc(F)cc(SCCCOCC2COc3c(F)ccc(F)c3C2)c1. The number of benzene rings is 2. The van der Waals surface area contributed by atoms with Crippen molar-refractivity contribution in [3.05, 3.63) is 59.2 Å². The van der Waals surface area contributed by atoms with Crippen LogP contribution < -0.4 is 4.74 Å². The van der Waals surface area contributed by atoms with Crippen molar-refractivity contribution in [3.63, 3.8) is 0 Å². The number of aliphatic hydroxyl groups is 1. The lowest BCUT2D eigenvalue weighted by Gasteiger charge is -2.25. The first kappa shape index (κ1) is 27.3. The van der Waals surface area contributed by atoms with Crippen LogP contribution in [0.1, 0.15) is 32.8 Å². The number of halogens is 4. The summed E-state index contributed by atoms with van der Waals surface area (Å²) in [6.07, 6.45) is 1.08. The zero-order valence-electron chi connectivity index (χ0n) is 18.1. The van der Waals surface area contributed by atoms with E-state index >= 15 is 0 Å². The summed E-state index contributed by atoms with van der Waals surface area (Å²) in [7, 11) is 0. The van der Waals surface area contributed by atoms with E-state index < -0.39 is 23.3 Å². The minimum absolute atomic E-state index is 0.0000226. The molecule has 2 aromatic rings. The molecule has 1 N–H and O–H groups in total. The maximum absolute atomic E-state index is 13.8. The molecule has 0 fully saturated rings. The summed E-state index contributed by atoms with van der Waals surface area (Å²) in [4.78, 5) is 0.539. The van der Waals surface area contributed by atoms with Crippen LogP contribution in [0.25, 0.3) is 0 Å². The van der Waals surface area contributed by atoms with Crippen LogP contribution in [0.15, 0.2) is 35.2 Å². The van der Waals surface area contributed by atoms with Gasteiger partial charge in [-0.3, -0.25) is 0 Å². The molecular formula is C23H30F4O3S. The van der Waals surface area contributed by atoms with Gasteiger partial charge >= 0.3 is 0 Å². The Bertz CT molecular complexity index is 769. The van der Waals surface area contributed by atoms with Crippen LogP contribution >= 0.6 is 11.8 Å². The largest absolute Gasteiger partial charge is 0.490 e. The van der Waals surface area contributed by atoms with Gasteiger partial charge in [-0.05, 0) is 44.0 Å². The standard InChI is InChI=1S/C19H18F4O2S.C2H6O.C2H6/c20-13-7-14(21)9-15(8-13)26-5-1-4-24-10-12-6-16-17(22)2-3-18(23)19(16)25-11-12;1-2-3;1-2/h2-3,7-9,12H,1,4-6,10-11H2;3H,2H2,1H3;1-2H3. The molecule has 31 heavy (non-hydrogen) atoms. The van der Waals surface area contributed by atoms with Gasteiger partial charge in [-0.1, -0.05) is 13.8 Å². The highest BCUT2D eigenvalue weighted by atomic mass is 32.2. The van der Waals surface area contributed by atoms with E-state index in [4.69, 9.17) is 14.6 Å². The molecule has 8 heteroatoms. The van der Waals surface area contributed by atoms with Crippen LogP contribution in [0, 0.1) is 29.2 Å². The molecule has 174 valence electrons. The van der Waals surface area contributed by atoms with Crippen molar-refractivity contribution in [1.82, 2.24) is 0 Å². The van der Waals surface area contributed by atoms with E-state index in [9.17, 15) is 17.6 Å². The van der Waals surface area contributed by atoms with Gasteiger partial charge in [0.05, 0.1) is 13.2 Å². The summed E-state index contributed by atoms with van der Waals surface area (Å²) in [5, 5.41) is 7.57. The molecule has 0 amide bonds. The molecule has 1 atom stereocenters. The molecule has 0 spiro atoms. The Morgan fingerprint density at radius 1 is 1.06 bits per heavy atom. The number of ether oxygens (including phenoxy) is 2. The minimum atomic E-state index is -0.593. The molecular weight excluding hydrogens is 432 g/mol. The van der Waals surface area contributed by atoms with Crippen molar-refractivity contribution in [2.24, 2.45) is 5.92 Å². The predicted molar refractivity (Wildman–Crippen MR) is 116 cm³/mol. The molecule has 1 aliphatic heterocycles. The fourth-order valence-electron chi connectivity index (χ4n) is 2.79. The Hall–Kier alpha value is -1.77. The van der Waals surface area contributed by atoms with Gasteiger partial charge in [0.1, 0.15) is 17.5 Å². The summed E-state index contributed by atoms with van der Waals surface area (Å²) >= 11 is 1.35. The zero-order chi connectivity index (χ0) is 23.2. The van der Waals surface area contributed by atoms with Gasteiger partial charge in [0.2, 0.25) is 0 Å². The third-order valence-electron chi connectivity index (χ3n) is 4.00. The second-order valence-corrected chi connectivity index (χ2v) is 7.58. The zero-order valence-corrected chi connectivity index (χ0v) is 18.9. The minimum Gasteiger partial charge on any atom is -0.490 e. The van der Waals surface area contributed by atoms with Crippen molar-refractivity contribution < 1.29 is 32.1 Å². The molecule has 0 aromatic heterocycles. The summed E-state index contributed by atoms with van der Waals surface area (Å²) < 4.78 is 64.5. The maximum Gasteiger partial charge on any atom is 0.165 e. The smallest absolute Gasteiger partial charge is 0.165 e. The first-order chi connectivity index (χ1) is 14.9. The first-order valence-electron chi connectivity index (χ1n) is 10.3. The van der Waals surface area contributed by atoms with Crippen molar-refractivity contribution in [2.75, 3.05) is 32.2 Å². The molecule has 0 aliphatic carbocycles. The van der Waals surface area contributed by atoms with Crippen molar-refractivity contribution >= 4 is 11.8 Å². The monoisotopic (exact) mass is 462 g/mol. The number of aliphatic hydroxyl groups excluding tert-OH is 1. The molecule has 0 radical (unpaired) electrons. The fraction of sp³-hybridized carbons (Fsp3) is 0.478. The quantitative estimate of drug-likeness (QED) is 0.310. The van der Waals surface area contributed by atoms with Gasteiger partial charge in [-0.25, -0.2) is 17.6 Å². The number of hydrogen-bond acceptors (Lipinski definition) is 4. The van der Waals surface area contributed by atoms with Crippen LogP contribution in [-0.4, -0.2) is 37.3 Å². The van der Waals surface area contributed by atoms with E-state index in [1.54, 1.807) is 6.92 Å². The van der Waals surface area contributed by atoms with E-state index in [0.717, 1.165) is 18.2 Å². The molecule has 0 bridgehead atoms. The average molecular weight is 463 g/mol. The van der Waals surface area contributed by atoms with Crippen LogP contribution in [-0.2, 0) is 11.2 Å². The van der Waals surface area contributed by atoms with Gasteiger partial charge in [-0.2, -0.15) is 0 Å². The normalized spacial score (nSPS) is 14.4. The number of fused-ring (bicyclic) bond motifs is 1. The van der Waals surface area contributed by atoms with E-state index in [0.29, 0.717) is 36.7 Å². The second kappa shape index (κ2) is 15.1. The second-order valence-electron chi connectivity index (χ2n) is 6.42. The van der Waals surface area contributed by atoms with Crippen LogP contribution in [0.4, 0.5) is 17.6 Å². The Balaban J connectivity index is 0.000000884. The number of thioether (sulfide) groups is 1. The predicted octanol–water partition coefficient (Wildman–Crippen LogP) is 6.02. The molecule has 3 rings (SSSR count). The van der Waals surface area contributed by atoms with E-state index in [1.165, 1.54) is 23.9 Å². The van der Waals surface area contributed by atoms with E-state index in [-0.39, 0.29) is 30.4 Å². The maximum atomic E-state index is 13.8. The van der Waals surface area contributed by atoms with Gasteiger partial charge < -0.3 is 14.6 Å². The number of hydrogen-bond donors (Lipinski definition) is 1. The lowest BCUT2D eigenvalue weighted by Crippen LogP contribution is -2.26. The lowest BCUT2D eigenvalue weighted by atomic mass is 9.97. The Morgan fingerprint density at radius 3 is 2.32 bits per heavy atom. The highest BCUT2D eigenvalue weighted by Crippen LogP contribution is 2.32. The summed E-state index contributed by atoms with van der Waals surface area (Å²) in [6.45, 7) is 7.07. The summed E-state index contributed by atoms with van der Waals surface area (Å²) in [5.41, 5.74) is 0.258. The highest BCUT2D eigenvalue weighted by Gasteiger charge is 2.25. The molecule has 0 saturated heterocycles. The van der Waals surface area contributed by atoms with Gasteiger partial charge in [0.25, 0.3) is 0 Å². The van der Waals surface area contributed by atoms with Gasteiger partial charge in [0, 0.05) is 41.4 Å². The molecule has 1 heterocycles. The lowest BCUT2D eigenvalue weighted by molar-refractivity contribution is 0.0699. The average Bonchev–Trinajstić information content (AvgIpc) is 2.75. The Kier molecular flexibility index (Phi) is 13.3. The topological polar surface area (TPSA) is 38.7 Å². The van der Waals surface area contributed by atoms with Crippen molar-refractivity contribution in [1.29, 1.82) is 0 Å². The molecule has 1 unspecified atom stereocenters. The van der Waals surface area contributed by atoms with Crippen LogP contribution in [0.2, 0.25) is 0 Å². The Labute approximate surface area is 185 Å². The van der Waals surface area contributed by atoms with E-state index in [1.807, 2.05) is 13.8 Å². The summed E-state index contributed by atoms with van der Waals surface area (Å²) in [5.74, 6) is -1.58. The van der Waals surface area contributed by atoms with Crippen molar-refractivity contribution in [3.8, 4) is 5.75 Å². The molecule has 2 aromatic carbocycles. The third kappa shape index (κ3) is 9.49. The van der Waals surface area contributed by atoms with Gasteiger partial charge in [-0.15, -0.1) is 11.8 Å². The van der Waals surface area contributed by atoms with E-state index in [2.05, 4.69) is 0 Å². The first-order valence-corrected chi connectivity index (χ1v) is 11.3. The molecule has 0 saturated carbocycles. The highest BCUT2D eigenvalue weighted by molar-refractivity contribution is 7.99. The van der Waals surface area contributed by atoms with Gasteiger partial charge in [0.15, 0.2) is 11.6 Å².